The van der Waals surface area contributed by atoms with E-state index < -0.39 is 5.60 Å². The number of carbonyl (C=O) groups excluding carboxylic acids is 1. The molecule has 3 aromatic carbocycles. The van der Waals surface area contributed by atoms with Gasteiger partial charge in [0.25, 0.3) is 0 Å². The fourth-order valence-electron chi connectivity index (χ4n) is 3.19. The molecule has 0 bridgehead atoms. The van der Waals surface area contributed by atoms with Crippen LogP contribution in [0.1, 0.15) is 21.5 Å². The van der Waals surface area contributed by atoms with E-state index in [2.05, 4.69) is 0 Å². The molecule has 3 aromatic rings. The van der Waals surface area contributed by atoms with E-state index in [9.17, 15) is 4.79 Å². The van der Waals surface area contributed by atoms with Crippen LogP contribution in [0.4, 0.5) is 0 Å². The maximum atomic E-state index is 13.4. The molecule has 136 valence electrons. The number of methoxy groups -OCH3 is 1. The van der Waals surface area contributed by atoms with E-state index in [0.717, 1.165) is 11.1 Å². The predicted molar refractivity (Wildman–Crippen MR) is 102 cm³/mol. The van der Waals surface area contributed by atoms with Gasteiger partial charge in [-0.2, -0.15) is 0 Å². The van der Waals surface area contributed by atoms with Crippen molar-refractivity contribution < 1.29 is 19.0 Å². The van der Waals surface area contributed by atoms with Crippen LogP contribution in [0, 0.1) is 0 Å². The van der Waals surface area contributed by atoms with E-state index in [-0.39, 0.29) is 5.78 Å². The maximum absolute atomic E-state index is 13.4. The SMILES string of the molecule is COc1ccccc1C1(C(=O)c2ccccc2OCc2ccccc2)CO1. The van der Waals surface area contributed by atoms with Gasteiger partial charge in [-0.05, 0) is 23.8 Å². The molecule has 0 aromatic heterocycles. The first-order valence-corrected chi connectivity index (χ1v) is 8.82. The summed E-state index contributed by atoms with van der Waals surface area (Å²) in [5.41, 5.74) is 1.30. The van der Waals surface area contributed by atoms with E-state index in [0.29, 0.717) is 30.3 Å². The van der Waals surface area contributed by atoms with Crippen LogP contribution in [0.5, 0.6) is 11.5 Å². The lowest BCUT2D eigenvalue weighted by Crippen LogP contribution is -2.24. The van der Waals surface area contributed by atoms with Gasteiger partial charge in [-0.25, -0.2) is 0 Å². The molecular weight excluding hydrogens is 340 g/mol. The zero-order valence-electron chi connectivity index (χ0n) is 15.1. The van der Waals surface area contributed by atoms with Crippen LogP contribution in [-0.2, 0) is 16.9 Å². The third kappa shape index (κ3) is 3.32. The van der Waals surface area contributed by atoms with Gasteiger partial charge in [0.1, 0.15) is 18.1 Å². The molecule has 27 heavy (non-hydrogen) atoms. The van der Waals surface area contributed by atoms with Gasteiger partial charge in [0.05, 0.1) is 19.3 Å². The lowest BCUT2D eigenvalue weighted by Gasteiger charge is -2.17. The van der Waals surface area contributed by atoms with Gasteiger partial charge >= 0.3 is 0 Å². The minimum Gasteiger partial charge on any atom is -0.496 e. The summed E-state index contributed by atoms with van der Waals surface area (Å²) in [6.07, 6.45) is 0. The Labute approximate surface area is 158 Å². The summed E-state index contributed by atoms with van der Waals surface area (Å²) in [7, 11) is 1.59. The number of epoxide rings is 1. The lowest BCUT2D eigenvalue weighted by molar-refractivity contribution is 0.0863. The molecule has 1 unspecified atom stereocenters. The number of ether oxygens (including phenoxy) is 3. The number of rotatable bonds is 7. The highest BCUT2D eigenvalue weighted by molar-refractivity contribution is 6.07. The zero-order valence-corrected chi connectivity index (χ0v) is 15.1. The number of carbonyl (C=O) groups is 1. The number of Topliss-reactive ketones (excluding diaryl/α,β-unsaturated/α-hetero) is 1. The largest absolute Gasteiger partial charge is 0.496 e. The maximum Gasteiger partial charge on any atom is 0.205 e. The molecule has 4 rings (SSSR count). The van der Waals surface area contributed by atoms with E-state index in [1.54, 1.807) is 13.2 Å². The molecule has 0 spiro atoms. The topological polar surface area (TPSA) is 48.1 Å². The molecule has 0 radical (unpaired) electrons. The summed E-state index contributed by atoms with van der Waals surface area (Å²) >= 11 is 0. The van der Waals surface area contributed by atoms with Gasteiger partial charge in [0.2, 0.25) is 5.78 Å². The third-order valence-electron chi connectivity index (χ3n) is 4.71. The van der Waals surface area contributed by atoms with Crippen LogP contribution < -0.4 is 9.47 Å². The average molecular weight is 360 g/mol. The Balaban J connectivity index is 1.63. The first kappa shape index (κ1) is 17.3. The van der Waals surface area contributed by atoms with E-state index in [1.165, 1.54) is 0 Å². The molecule has 1 heterocycles. The molecule has 0 amide bonds. The lowest BCUT2D eigenvalue weighted by atomic mass is 9.90. The van der Waals surface area contributed by atoms with E-state index >= 15 is 0 Å². The molecule has 1 fully saturated rings. The van der Waals surface area contributed by atoms with Crippen molar-refractivity contribution in [1.82, 2.24) is 0 Å². The van der Waals surface area contributed by atoms with Crippen LogP contribution in [0.25, 0.3) is 0 Å². The molecule has 4 heteroatoms. The summed E-state index contributed by atoms with van der Waals surface area (Å²) < 4.78 is 17.1. The molecule has 0 saturated carbocycles. The highest BCUT2D eigenvalue weighted by Gasteiger charge is 2.55. The fraction of sp³-hybridized carbons (Fsp3) is 0.174. The Bertz CT molecular complexity index is 945. The molecule has 0 aliphatic carbocycles. The van der Waals surface area contributed by atoms with Gasteiger partial charge in [-0.3, -0.25) is 4.79 Å². The Hall–Kier alpha value is -3.11. The van der Waals surface area contributed by atoms with Crippen molar-refractivity contribution in [3.63, 3.8) is 0 Å². The van der Waals surface area contributed by atoms with E-state index in [4.69, 9.17) is 14.2 Å². The summed E-state index contributed by atoms with van der Waals surface area (Å²) in [5.74, 6) is 1.08. The van der Waals surface area contributed by atoms with Gasteiger partial charge in [0, 0.05) is 5.56 Å². The number of hydrogen-bond acceptors (Lipinski definition) is 4. The third-order valence-corrected chi connectivity index (χ3v) is 4.71. The molecule has 4 nitrogen and oxygen atoms in total. The number of para-hydroxylation sites is 2. The minimum atomic E-state index is -1.00. The van der Waals surface area contributed by atoms with Gasteiger partial charge < -0.3 is 14.2 Å². The van der Waals surface area contributed by atoms with E-state index in [1.807, 2.05) is 72.8 Å². The van der Waals surface area contributed by atoms with Crippen molar-refractivity contribution in [3.05, 3.63) is 95.6 Å². The Morgan fingerprint density at radius 1 is 0.926 bits per heavy atom. The smallest absolute Gasteiger partial charge is 0.205 e. The molecule has 1 saturated heterocycles. The van der Waals surface area contributed by atoms with Gasteiger partial charge in [0.15, 0.2) is 5.60 Å². The monoisotopic (exact) mass is 360 g/mol. The van der Waals surface area contributed by atoms with Crippen molar-refractivity contribution in [2.45, 2.75) is 12.2 Å². The van der Waals surface area contributed by atoms with Crippen LogP contribution in [0.2, 0.25) is 0 Å². The number of hydrogen-bond donors (Lipinski definition) is 0. The predicted octanol–water partition coefficient (Wildman–Crippen LogP) is 4.38. The summed E-state index contributed by atoms with van der Waals surface area (Å²) in [6, 6.07) is 24.6. The average Bonchev–Trinajstić information content (AvgIpc) is 3.54. The molecule has 1 atom stereocenters. The van der Waals surface area contributed by atoms with Gasteiger partial charge in [-0.1, -0.05) is 60.7 Å². The molecule has 1 aliphatic rings. The summed E-state index contributed by atoms with van der Waals surface area (Å²) in [4.78, 5) is 13.4. The normalized spacial score (nSPS) is 18.0. The second-order valence-electron chi connectivity index (χ2n) is 6.42. The standard InChI is InChI=1S/C23H20O4/c1-25-21-14-8-6-12-19(21)23(16-27-23)22(24)18-11-5-7-13-20(18)26-15-17-9-3-2-4-10-17/h2-14H,15-16H2,1H3. The highest BCUT2D eigenvalue weighted by Crippen LogP contribution is 2.46. The summed E-state index contributed by atoms with van der Waals surface area (Å²) in [6.45, 7) is 0.729. The van der Waals surface area contributed by atoms with Crippen LogP contribution in [0.3, 0.4) is 0 Å². The molecule has 1 aliphatic heterocycles. The number of ketones is 1. The Kier molecular flexibility index (Phi) is 4.65. The summed E-state index contributed by atoms with van der Waals surface area (Å²) in [5, 5.41) is 0. The van der Waals surface area contributed by atoms with Gasteiger partial charge in [-0.15, -0.1) is 0 Å². The van der Waals surface area contributed by atoms with Crippen LogP contribution >= 0.6 is 0 Å². The Morgan fingerprint density at radius 2 is 1.56 bits per heavy atom. The van der Waals surface area contributed by atoms with Crippen molar-refractivity contribution in [1.29, 1.82) is 0 Å². The second-order valence-corrected chi connectivity index (χ2v) is 6.42. The van der Waals surface area contributed by atoms with Crippen molar-refractivity contribution >= 4 is 5.78 Å². The minimum absolute atomic E-state index is 0.115. The first-order valence-electron chi connectivity index (χ1n) is 8.82. The fourth-order valence-corrected chi connectivity index (χ4v) is 3.19. The second kappa shape index (κ2) is 7.25. The number of benzene rings is 3. The molecule has 0 N–H and O–H groups in total. The Morgan fingerprint density at radius 3 is 2.26 bits per heavy atom. The highest BCUT2D eigenvalue weighted by atomic mass is 16.6. The van der Waals surface area contributed by atoms with Crippen LogP contribution in [0.15, 0.2) is 78.9 Å². The molecular formula is C23H20O4. The van der Waals surface area contributed by atoms with Crippen molar-refractivity contribution in [2.24, 2.45) is 0 Å². The van der Waals surface area contributed by atoms with Crippen molar-refractivity contribution in [2.75, 3.05) is 13.7 Å². The first-order chi connectivity index (χ1) is 13.2. The van der Waals surface area contributed by atoms with Crippen molar-refractivity contribution in [3.8, 4) is 11.5 Å². The van der Waals surface area contributed by atoms with Crippen LogP contribution in [-0.4, -0.2) is 19.5 Å². The zero-order chi connectivity index (χ0) is 18.7. The quantitative estimate of drug-likeness (QED) is 0.463.